The highest BCUT2D eigenvalue weighted by Gasteiger charge is 2.46. The van der Waals surface area contributed by atoms with Gasteiger partial charge in [0.15, 0.2) is 11.6 Å². The first-order chi connectivity index (χ1) is 10.0. The molecule has 0 spiro atoms. The predicted octanol–water partition coefficient (Wildman–Crippen LogP) is 2.46. The third-order valence-electron chi connectivity index (χ3n) is 4.84. The van der Waals surface area contributed by atoms with Gasteiger partial charge < -0.3 is 11.1 Å². The Kier molecular flexibility index (Phi) is 3.69. The van der Waals surface area contributed by atoms with Gasteiger partial charge >= 0.3 is 0 Å². The number of carbonyl (C=O) groups excluding carboxylic acids is 1. The van der Waals surface area contributed by atoms with E-state index >= 15 is 0 Å². The molecule has 1 amide bonds. The lowest BCUT2D eigenvalue weighted by Gasteiger charge is -2.28. The molecule has 2 atom stereocenters. The van der Waals surface area contributed by atoms with E-state index < -0.39 is 11.6 Å². The molecule has 2 aliphatic carbocycles. The summed E-state index contributed by atoms with van der Waals surface area (Å²) in [6.07, 6.45) is 4.73. The van der Waals surface area contributed by atoms with Gasteiger partial charge in [-0.15, -0.1) is 0 Å². The van der Waals surface area contributed by atoms with Gasteiger partial charge in [0.25, 0.3) is 0 Å². The highest BCUT2D eigenvalue weighted by atomic mass is 19.2. The van der Waals surface area contributed by atoms with Crippen LogP contribution in [0, 0.1) is 17.6 Å². The fourth-order valence-corrected chi connectivity index (χ4v) is 3.38. The zero-order chi connectivity index (χ0) is 15.0. The van der Waals surface area contributed by atoms with Crippen molar-refractivity contribution in [3.8, 4) is 0 Å². The quantitative estimate of drug-likeness (QED) is 0.896. The molecule has 2 saturated carbocycles. The van der Waals surface area contributed by atoms with Gasteiger partial charge in [0.1, 0.15) is 0 Å². The van der Waals surface area contributed by atoms with E-state index in [1.807, 2.05) is 0 Å². The molecule has 3 rings (SSSR count). The number of hydrogen-bond acceptors (Lipinski definition) is 2. The third-order valence-corrected chi connectivity index (χ3v) is 4.84. The van der Waals surface area contributed by atoms with Gasteiger partial charge in [-0.25, -0.2) is 8.78 Å². The highest BCUT2D eigenvalue weighted by Crippen LogP contribution is 2.48. The Labute approximate surface area is 122 Å². The molecule has 2 fully saturated rings. The van der Waals surface area contributed by atoms with Gasteiger partial charge in [0, 0.05) is 12.5 Å². The molecule has 2 aliphatic rings. The van der Waals surface area contributed by atoms with Gasteiger partial charge in [-0.2, -0.15) is 0 Å². The molecule has 0 aromatic heterocycles. The third kappa shape index (κ3) is 2.79. The van der Waals surface area contributed by atoms with Crippen LogP contribution in [0.3, 0.4) is 0 Å². The minimum atomic E-state index is -0.854. The lowest BCUT2D eigenvalue weighted by molar-refractivity contribution is -0.124. The standard InChI is InChI=1S/C16H20F2N2O/c17-13-4-3-10(7-14(13)18)11-8-12(11)15(21)20-16(9-19)5-1-2-6-16/h3-4,7,11-12H,1-2,5-6,8-9,19H2,(H,20,21)/t11-,12-/m1/s1. The maximum Gasteiger partial charge on any atom is 0.224 e. The Bertz CT molecular complexity index is 555. The largest absolute Gasteiger partial charge is 0.349 e. The van der Waals surface area contributed by atoms with Crippen LogP contribution in [0.2, 0.25) is 0 Å². The SMILES string of the molecule is NCC1(NC(=O)[C@@H]2C[C@@H]2c2ccc(F)c(F)c2)CCCC1. The summed E-state index contributed by atoms with van der Waals surface area (Å²) in [4.78, 5) is 12.3. The van der Waals surface area contributed by atoms with E-state index in [1.165, 1.54) is 6.07 Å². The van der Waals surface area contributed by atoms with Crippen LogP contribution in [0.4, 0.5) is 8.78 Å². The molecule has 1 aromatic rings. The van der Waals surface area contributed by atoms with Gasteiger partial charge in [-0.1, -0.05) is 18.9 Å². The van der Waals surface area contributed by atoms with Gasteiger partial charge in [-0.3, -0.25) is 4.79 Å². The van der Waals surface area contributed by atoms with Crippen molar-refractivity contribution in [1.29, 1.82) is 0 Å². The van der Waals surface area contributed by atoms with Crippen molar-refractivity contribution in [3.05, 3.63) is 35.4 Å². The molecule has 114 valence electrons. The molecule has 3 N–H and O–H groups in total. The predicted molar refractivity (Wildman–Crippen MR) is 75.6 cm³/mol. The normalized spacial score (nSPS) is 26.6. The summed E-state index contributed by atoms with van der Waals surface area (Å²) >= 11 is 0. The monoisotopic (exact) mass is 294 g/mol. The summed E-state index contributed by atoms with van der Waals surface area (Å²) in [6.45, 7) is 0.460. The number of carbonyl (C=O) groups is 1. The lowest BCUT2D eigenvalue weighted by atomic mass is 9.97. The highest BCUT2D eigenvalue weighted by molar-refractivity contribution is 5.83. The maximum absolute atomic E-state index is 13.2. The minimum absolute atomic E-state index is 0.00270. The van der Waals surface area contributed by atoms with Crippen molar-refractivity contribution in [2.24, 2.45) is 11.7 Å². The van der Waals surface area contributed by atoms with Crippen LogP contribution in [-0.2, 0) is 4.79 Å². The van der Waals surface area contributed by atoms with E-state index in [0.717, 1.165) is 31.7 Å². The molecule has 0 saturated heterocycles. The Balaban J connectivity index is 1.64. The maximum atomic E-state index is 13.2. The number of halogens is 2. The minimum Gasteiger partial charge on any atom is -0.349 e. The van der Waals surface area contributed by atoms with Crippen molar-refractivity contribution in [3.63, 3.8) is 0 Å². The van der Waals surface area contributed by atoms with Crippen molar-refractivity contribution in [2.45, 2.75) is 43.6 Å². The second-order valence-corrected chi connectivity index (χ2v) is 6.30. The Morgan fingerprint density at radius 2 is 2.00 bits per heavy atom. The van der Waals surface area contributed by atoms with E-state index in [1.54, 1.807) is 6.07 Å². The molecule has 0 aliphatic heterocycles. The van der Waals surface area contributed by atoms with E-state index in [0.29, 0.717) is 18.5 Å². The number of rotatable bonds is 4. The van der Waals surface area contributed by atoms with E-state index in [-0.39, 0.29) is 23.3 Å². The zero-order valence-electron chi connectivity index (χ0n) is 11.9. The molecule has 0 bridgehead atoms. The van der Waals surface area contributed by atoms with E-state index in [2.05, 4.69) is 5.32 Å². The van der Waals surface area contributed by atoms with E-state index in [4.69, 9.17) is 5.73 Å². The molecule has 1 aromatic carbocycles. The molecule has 0 radical (unpaired) electrons. The molecule has 5 heteroatoms. The molecular weight excluding hydrogens is 274 g/mol. The fourth-order valence-electron chi connectivity index (χ4n) is 3.38. The van der Waals surface area contributed by atoms with Crippen LogP contribution in [0.1, 0.15) is 43.6 Å². The molecule has 21 heavy (non-hydrogen) atoms. The molecular formula is C16H20F2N2O. The van der Waals surface area contributed by atoms with Crippen LogP contribution in [0.25, 0.3) is 0 Å². The fraction of sp³-hybridized carbons (Fsp3) is 0.562. The summed E-state index contributed by atoms with van der Waals surface area (Å²) < 4.78 is 26.2. The summed E-state index contributed by atoms with van der Waals surface area (Å²) in [5, 5.41) is 3.10. The average Bonchev–Trinajstić information content (AvgIpc) is 3.15. The summed E-state index contributed by atoms with van der Waals surface area (Å²) in [6, 6.07) is 3.88. The zero-order valence-corrected chi connectivity index (χ0v) is 11.9. The van der Waals surface area contributed by atoms with Crippen LogP contribution in [-0.4, -0.2) is 18.0 Å². The summed E-state index contributed by atoms with van der Waals surface area (Å²) in [5.41, 5.74) is 6.26. The Hall–Kier alpha value is -1.49. The van der Waals surface area contributed by atoms with Crippen LogP contribution >= 0.6 is 0 Å². The second kappa shape index (κ2) is 5.37. The first-order valence-corrected chi connectivity index (χ1v) is 7.52. The van der Waals surface area contributed by atoms with Crippen molar-refractivity contribution in [2.75, 3.05) is 6.54 Å². The number of amides is 1. The second-order valence-electron chi connectivity index (χ2n) is 6.30. The summed E-state index contributed by atoms with van der Waals surface area (Å²) in [5.74, 6) is -1.85. The van der Waals surface area contributed by atoms with Crippen molar-refractivity contribution >= 4 is 5.91 Å². The lowest BCUT2D eigenvalue weighted by Crippen LogP contribution is -2.52. The Morgan fingerprint density at radius 3 is 2.62 bits per heavy atom. The number of nitrogens with one attached hydrogen (secondary N) is 1. The van der Waals surface area contributed by atoms with E-state index in [9.17, 15) is 13.6 Å². The average molecular weight is 294 g/mol. The number of nitrogens with two attached hydrogens (primary N) is 1. The molecule has 0 heterocycles. The number of hydrogen-bond donors (Lipinski definition) is 2. The van der Waals surface area contributed by atoms with Crippen molar-refractivity contribution in [1.82, 2.24) is 5.32 Å². The van der Waals surface area contributed by atoms with Gasteiger partial charge in [-0.05, 0) is 42.9 Å². The van der Waals surface area contributed by atoms with Crippen LogP contribution in [0.15, 0.2) is 18.2 Å². The first kappa shape index (κ1) is 14.4. The smallest absolute Gasteiger partial charge is 0.224 e. The Morgan fingerprint density at radius 1 is 1.29 bits per heavy atom. The number of benzene rings is 1. The topological polar surface area (TPSA) is 55.1 Å². The first-order valence-electron chi connectivity index (χ1n) is 7.52. The van der Waals surface area contributed by atoms with Crippen molar-refractivity contribution < 1.29 is 13.6 Å². The summed E-state index contributed by atoms with van der Waals surface area (Å²) in [7, 11) is 0. The van der Waals surface area contributed by atoms with Crippen LogP contribution in [0.5, 0.6) is 0 Å². The van der Waals surface area contributed by atoms with Gasteiger partial charge in [0.2, 0.25) is 5.91 Å². The molecule has 0 unspecified atom stereocenters. The van der Waals surface area contributed by atoms with Crippen LogP contribution < -0.4 is 11.1 Å². The van der Waals surface area contributed by atoms with Gasteiger partial charge in [0.05, 0.1) is 5.54 Å². The molecule has 3 nitrogen and oxygen atoms in total.